The van der Waals surface area contributed by atoms with Crippen LogP contribution >= 0.6 is 0 Å². The quantitative estimate of drug-likeness (QED) is 0.737. The third-order valence-corrected chi connectivity index (χ3v) is 1.94. The number of pyridine rings is 1. The molecule has 1 aromatic rings. The molecule has 0 atom stereocenters. The van der Waals surface area contributed by atoms with Gasteiger partial charge in [0.2, 0.25) is 0 Å². The Morgan fingerprint density at radius 1 is 1.50 bits per heavy atom. The number of nitrogens with one attached hydrogen (secondary N) is 1. The molecule has 1 heterocycles. The van der Waals surface area contributed by atoms with Gasteiger partial charge >= 0.3 is 0 Å². The molecule has 0 amide bonds. The molecule has 0 aliphatic heterocycles. The molecular formula is C11H16N2O. The van der Waals surface area contributed by atoms with E-state index in [0.717, 1.165) is 5.69 Å². The van der Waals surface area contributed by atoms with E-state index in [-0.39, 0.29) is 11.7 Å². The summed E-state index contributed by atoms with van der Waals surface area (Å²) in [6.07, 6.45) is 0. The molecule has 0 unspecified atom stereocenters. The van der Waals surface area contributed by atoms with Crippen molar-refractivity contribution in [1.29, 1.82) is 0 Å². The minimum Gasteiger partial charge on any atom is -0.314 e. The number of rotatable bonds is 4. The first-order chi connectivity index (χ1) is 6.65. The number of Topliss-reactive ketones (excluding diaryl/α,β-unsaturated/α-hetero) is 1. The Morgan fingerprint density at radius 2 is 2.21 bits per heavy atom. The zero-order valence-electron chi connectivity index (χ0n) is 8.87. The van der Waals surface area contributed by atoms with Crippen molar-refractivity contribution >= 4 is 5.78 Å². The number of carbonyl (C=O) groups is 1. The monoisotopic (exact) mass is 192 g/mol. The average molecular weight is 192 g/mol. The van der Waals surface area contributed by atoms with E-state index in [4.69, 9.17) is 0 Å². The fraction of sp³-hybridized carbons (Fsp3) is 0.455. The lowest BCUT2D eigenvalue weighted by Crippen LogP contribution is -2.13. The number of hydrogen-bond donors (Lipinski definition) is 1. The summed E-state index contributed by atoms with van der Waals surface area (Å²) in [5.74, 6) is 0.107. The zero-order chi connectivity index (χ0) is 10.6. The van der Waals surface area contributed by atoms with Gasteiger partial charge in [0.1, 0.15) is 5.69 Å². The number of carbonyl (C=O) groups excluding carboxylic acids is 1. The fourth-order valence-corrected chi connectivity index (χ4v) is 1.19. The van der Waals surface area contributed by atoms with E-state index in [2.05, 4.69) is 10.3 Å². The maximum Gasteiger partial charge on any atom is 0.183 e. The van der Waals surface area contributed by atoms with Crippen molar-refractivity contribution in [1.82, 2.24) is 10.3 Å². The first kappa shape index (κ1) is 10.9. The van der Waals surface area contributed by atoms with Gasteiger partial charge in [0.05, 0.1) is 5.69 Å². The molecule has 3 heteroatoms. The Kier molecular flexibility index (Phi) is 3.77. The number of hydrogen-bond acceptors (Lipinski definition) is 3. The normalized spacial score (nSPS) is 10.6. The summed E-state index contributed by atoms with van der Waals surface area (Å²) in [6.45, 7) is 4.46. The second-order valence-corrected chi connectivity index (χ2v) is 3.56. The molecule has 0 saturated carbocycles. The van der Waals surface area contributed by atoms with Crippen LogP contribution in [0, 0.1) is 5.92 Å². The third kappa shape index (κ3) is 2.64. The molecule has 76 valence electrons. The van der Waals surface area contributed by atoms with Gasteiger partial charge in [-0.2, -0.15) is 0 Å². The van der Waals surface area contributed by atoms with E-state index in [1.165, 1.54) is 0 Å². The van der Waals surface area contributed by atoms with E-state index in [0.29, 0.717) is 12.2 Å². The Hall–Kier alpha value is -1.22. The molecule has 0 saturated heterocycles. The molecule has 0 aliphatic carbocycles. The molecular weight excluding hydrogens is 176 g/mol. The van der Waals surface area contributed by atoms with Gasteiger partial charge in [-0.1, -0.05) is 19.9 Å². The van der Waals surface area contributed by atoms with Gasteiger partial charge in [-0.3, -0.25) is 4.79 Å². The molecule has 0 bridgehead atoms. The summed E-state index contributed by atoms with van der Waals surface area (Å²) in [4.78, 5) is 15.9. The van der Waals surface area contributed by atoms with Gasteiger partial charge in [-0.25, -0.2) is 4.98 Å². The molecule has 0 aliphatic rings. The van der Waals surface area contributed by atoms with Crippen molar-refractivity contribution in [2.24, 2.45) is 5.92 Å². The van der Waals surface area contributed by atoms with Crippen LogP contribution in [0.2, 0.25) is 0 Å². The van der Waals surface area contributed by atoms with Crippen LogP contribution in [0.1, 0.15) is 30.0 Å². The van der Waals surface area contributed by atoms with E-state index in [9.17, 15) is 4.79 Å². The molecule has 0 spiro atoms. The first-order valence-electron chi connectivity index (χ1n) is 4.80. The number of aromatic nitrogens is 1. The summed E-state index contributed by atoms with van der Waals surface area (Å²) in [7, 11) is 1.86. The van der Waals surface area contributed by atoms with Crippen molar-refractivity contribution in [3.63, 3.8) is 0 Å². The van der Waals surface area contributed by atoms with Crippen LogP contribution in [0.3, 0.4) is 0 Å². The molecule has 1 N–H and O–H groups in total. The van der Waals surface area contributed by atoms with Gasteiger partial charge < -0.3 is 5.32 Å². The highest BCUT2D eigenvalue weighted by Gasteiger charge is 2.11. The van der Waals surface area contributed by atoms with E-state index in [1.54, 1.807) is 6.07 Å². The molecule has 3 nitrogen and oxygen atoms in total. The Labute approximate surface area is 84.6 Å². The molecule has 0 fully saturated rings. The minimum absolute atomic E-state index is 0.00679. The minimum atomic E-state index is 0.00679. The highest BCUT2D eigenvalue weighted by atomic mass is 16.1. The summed E-state index contributed by atoms with van der Waals surface area (Å²) in [6, 6.07) is 5.55. The van der Waals surface area contributed by atoms with Crippen molar-refractivity contribution < 1.29 is 4.79 Å². The predicted molar refractivity (Wildman–Crippen MR) is 56.2 cm³/mol. The van der Waals surface area contributed by atoms with Crippen LogP contribution in [0.25, 0.3) is 0 Å². The van der Waals surface area contributed by atoms with E-state index >= 15 is 0 Å². The SMILES string of the molecule is CNCc1cccc(C(=O)C(C)C)n1. The predicted octanol–water partition coefficient (Wildman–Crippen LogP) is 1.64. The van der Waals surface area contributed by atoms with Crippen molar-refractivity contribution in [3.8, 4) is 0 Å². The van der Waals surface area contributed by atoms with Crippen LogP contribution in [0.4, 0.5) is 0 Å². The van der Waals surface area contributed by atoms with Gasteiger partial charge in [-0.15, -0.1) is 0 Å². The highest BCUT2D eigenvalue weighted by Crippen LogP contribution is 2.06. The summed E-state index contributed by atoms with van der Waals surface area (Å²) in [5, 5.41) is 3.01. The molecule has 0 radical (unpaired) electrons. The molecule has 14 heavy (non-hydrogen) atoms. The van der Waals surface area contributed by atoms with Crippen molar-refractivity contribution in [3.05, 3.63) is 29.6 Å². The Morgan fingerprint density at radius 3 is 2.79 bits per heavy atom. The summed E-state index contributed by atoms with van der Waals surface area (Å²) >= 11 is 0. The molecule has 0 aromatic carbocycles. The van der Waals surface area contributed by atoms with Crippen LogP contribution in [-0.4, -0.2) is 17.8 Å². The van der Waals surface area contributed by atoms with Crippen LogP contribution in [-0.2, 0) is 6.54 Å². The second kappa shape index (κ2) is 4.86. The third-order valence-electron chi connectivity index (χ3n) is 1.94. The molecule has 1 aromatic heterocycles. The van der Waals surface area contributed by atoms with Crippen LogP contribution in [0.15, 0.2) is 18.2 Å². The van der Waals surface area contributed by atoms with E-state index in [1.807, 2.05) is 33.0 Å². The van der Waals surface area contributed by atoms with Crippen LogP contribution < -0.4 is 5.32 Å². The lowest BCUT2D eigenvalue weighted by molar-refractivity contribution is 0.0934. The van der Waals surface area contributed by atoms with Gasteiger partial charge in [0, 0.05) is 12.5 Å². The van der Waals surface area contributed by atoms with Gasteiger partial charge in [0.25, 0.3) is 0 Å². The maximum atomic E-state index is 11.6. The standard InChI is InChI=1S/C11H16N2O/c1-8(2)11(14)10-6-4-5-9(13-10)7-12-3/h4-6,8,12H,7H2,1-3H3. The lowest BCUT2D eigenvalue weighted by Gasteiger charge is -2.05. The average Bonchev–Trinajstić information content (AvgIpc) is 2.17. The fourth-order valence-electron chi connectivity index (χ4n) is 1.19. The second-order valence-electron chi connectivity index (χ2n) is 3.56. The summed E-state index contributed by atoms with van der Waals surface area (Å²) in [5.41, 5.74) is 1.46. The smallest absolute Gasteiger partial charge is 0.183 e. The van der Waals surface area contributed by atoms with Crippen molar-refractivity contribution in [2.75, 3.05) is 7.05 Å². The Balaban J connectivity index is 2.88. The Bertz CT molecular complexity index is 321. The van der Waals surface area contributed by atoms with Gasteiger partial charge in [-0.05, 0) is 19.2 Å². The highest BCUT2D eigenvalue weighted by molar-refractivity contribution is 5.95. The van der Waals surface area contributed by atoms with Crippen molar-refractivity contribution in [2.45, 2.75) is 20.4 Å². The topological polar surface area (TPSA) is 42.0 Å². The van der Waals surface area contributed by atoms with Crippen LogP contribution in [0.5, 0.6) is 0 Å². The van der Waals surface area contributed by atoms with Gasteiger partial charge in [0.15, 0.2) is 5.78 Å². The van der Waals surface area contributed by atoms with E-state index < -0.39 is 0 Å². The molecule has 1 rings (SSSR count). The first-order valence-corrected chi connectivity index (χ1v) is 4.80. The zero-order valence-corrected chi connectivity index (χ0v) is 8.87. The number of ketones is 1. The summed E-state index contributed by atoms with van der Waals surface area (Å²) < 4.78 is 0. The maximum absolute atomic E-state index is 11.6. The number of nitrogens with zero attached hydrogens (tertiary/aromatic N) is 1. The lowest BCUT2D eigenvalue weighted by atomic mass is 10.1. The largest absolute Gasteiger partial charge is 0.314 e.